The maximum Gasteiger partial charge on any atom is 0.309 e. The van der Waals surface area contributed by atoms with Gasteiger partial charge in [0.2, 0.25) is 0 Å². The highest BCUT2D eigenvalue weighted by Gasteiger charge is 2.31. The number of nitrogens with one attached hydrogen (secondary N) is 2. The molecule has 33 heavy (non-hydrogen) atoms. The first-order chi connectivity index (χ1) is 16.1. The maximum absolute atomic E-state index is 12.6. The number of anilines is 1. The van der Waals surface area contributed by atoms with Gasteiger partial charge in [-0.3, -0.25) is 19.5 Å². The molecule has 172 valence electrons. The fourth-order valence-corrected chi connectivity index (χ4v) is 5.17. The Kier molecular flexibility index (Phi) is 7.70. The summed E-state index contributed by atoms with van der Waals surface area (Å²) in [5, 5.41) is 7.63. The molecule has 2 aromatic heterocycles. The van der Waals surface area contributed by atoms with Crippen LogP contribution in [0, 0.1) is 0 Å². The summed E-state index contributed by atoms with van der Waals surface area (Å²) < 4.78 is 0. The van der Waals surface area contributed by atoms with E-state index in [0.29, 0.717) is 5.69 Å². The van der Waals surface area contributed by atoms with E-state index in [9.17, 15) is 9.59 Å². The Morgan fingerprint density at radius 2 is 1.73 bits per heavy atom. The number of benzene rings is 1. The summed E-state index contributed by atoms with van der Waals surface area (Å²) in [4.78, 5) is 35.1. The van der Waals surface area contributed by atoms with Crippen LogP contribution in [0.1, 0.15) is 23.5 Å². The molecule has 3 aromatic rings. The fourth-order valence-electron chi connectivity index (χ4n) is 4.20. The minimum atomic E-state index is -0.647. The Bertz CT molecular complexity index is 1020. The van der Waals surface area contributed by atoms with E-state index < -0.39 is 11.8 Å². The number of nitrogens with zero attached hydrogens (tertiary/aromatic N) is 3. The maximum atomic E-state index is 12.6. The van der Waals surface area contributed by atoms with Crippen LogP contribution in [-0.2, 0) is 16.1 Å². The van der Waals surface area contributed by atoms with Crippen LogP contribution in [0.4, 0.5) is 5.69 Å². The molecular formula is C25H29N5O2S. The first-order valence-corrected chi connectivity index (χ1v) is 12.1. The summed E-state index contributed by atoms with van der Waals surface area (Å²) >= 11 is 1.68. The van der Waals surface area contributed by atoms with Gasteiger partial charge in [0.25, 0.3) is 0 Å². The average Bonchev–Trinajstić information content (AvgIpc) is 3.38. The molecule has 2 amide bonds. The van der Waals surface area contributed by atoms with Crippen molar-refractivity contribution in [3.63, 3.8) is 0 Å². The van der Waals surface area contributed by atoms with Crippen LogP contribution in [0.5, 0.6) is 0 Å². The molecule has 0 aliphatic carbocycles. The van der Waals surface area contributed by atoms with Crippen molar-refractivity contribution in [3.8, 4) is 0 Å². The van der Waals surface area contributed by atoms with Crippen molar-refractivity contribution in [2.24, 2.45) is 0 Å². The third-order valence-electron chi connectivity index (χ3n) is 5.86. The van der Waals surface area contributed by atoms with Crippen molar-refractivity contribution in [3.05, 3.63) is 82.8 Å². The summed E-state index contributed by atoms with van der Waals surface area (Å²) in [5.41, 5.74) is 1.94. The predicted molar refractivity (Wildman–Crippen MR) is 131 cm³/mol. The van der Waals surface area contributed by atoms with Crippen LogP contribution in [0.25, 0.3) is 0 Å². The number of rotatable bonds is 7. The zero-order chi connectivity index (χ0) is 23.0. The van der Waals surface area contributed by atoms with Crippen LogP contribution < -0.4 is 15.5 Å². The number of amides is 2. The fraction of sp³-hybridized carbons (Fsp3) is 0.320. The number of pyridine rings is 1. The molecule has 0 bridgehead atoms. The largest absolute Gasteiger partial charge is 0.369 e. The van der Waals surface area contributed by atoms with Crippen LogP contribution >= 0.6 is 11.3 Å². The lowest BCUT2D eigenvalue weighted by molar-refractivity contribution is -0.140. The molecule has 1 aliphatic rings. The Hall–Kier alpha value is -3.23. The van der Waals surface area contributed by atoms with E-state index in [1.54, 1.807) is 17.5 Å². The van der Waals surface area contributed by atoms with Crippen molar-refractivity contribution >= 4 is 28.8 Å². The molecule has 3 heterocycles. The van der Waals surface area contributed by atoms with E-state index in [2.05, 4.69) is 61.1 Å². The van der Waals surface area contributed by atoms with Crippen LogP contribution in [-0.4, -0.2) is 53.9 Å². The van der Waals surface area contributed by atoms with Crippen molar-refractivity contribution in [2.45, 2.75) is 25.6 Å². The first kappa shape index (κ1) is 22.9. The molecule has 1 aliphatic heterocycles. The van der Waals surface area contributed by atoms with Gasteiger partial charge >= 0.3 is 11.8 Å². The highest BCUT2D eigenvalue weighted by Crippen LogP contribution is 2.30. The summed E-state index contributed by atoms with van der Waals surface area (Å²) in [6, 6.07) is 19.8. The quantitative estimate of drug-likeness (QED) is 0.527. The lowest BCUT2D eigenvalue weighted by Crippen LogP contribution is -2.53. The molecule has 2 N–H and O–H groups in total. The first-order valence-electron chi connectivity index (χ1n) is 11.2. The summed E-state index contributed by atoms with van der Waals surface area (Å²) in [6.07, 6.45) is 1.66. The highest BCUT2D eigenvalue weighted by atomic mass is 32.1. The average molecular weight is 464 g/mol. The van der Waals surface area contributed by atoms with Gasteiger partial charge in [0.05, 0.1) is 18.3 Å². The van der Waals surface area contributed by atoms with Gasteiger partial charge in [0.1, 0.15) is 0 Å². The molecule has 0 saturated carbocycles. The zero-order valence-corrected chi connectivity index (χ0v) is 19.5. The smallest absolute Gasteiger partial charge is 0.309 e. The molecule has 1 fully saturated rings. The Balaban J connectivity index is 1.37. The lowest BCUT2D eigenvalue weighted by atomic mass is 10.0. The van der Waals surface area contributed by atoms with Gasteiger partial charge in [-0.05, 0) is 42.6 Å². The predicted octanol–water partition coefficient (Wildman–Crippen LogP) is 2.83. The third-order valence-corrected chi connectivity index (χ3v) is 6.80. The summed E-state index contributed by atoms with van der Waals surface area (Å²) in [7, 11) is 0. The number of carbonyl (C=O) groups excluding carboxylic acids is 2. The van der Waals surface area contributed by atoms with E-state index in [1.165, 1.54) is 10.6 Å². The standard InChI is InChI=1S/C25H29N5O2S/c1-19(28-25(32)24(31)27-18-20-8-5-6-12-26-20)23(22-11-7-17-33-22)30-15-13-29(14-16-30)21-9-3-2-4-10-21/h2-12,17,19,23H,13-16,18H2,1H3,(H,27,31)(H,28,32). The second-order valence-corrected chi connectivity index (χ2v) is 9.06. The van der Waals surface area contributed by atoms with E-state index >= 15 is 0 Å². The molecule has 8 heteroatoms. The number of carbonyl (C=O) groups is 2. The zero-order valence-electron chi connectivity index (χ0n) is 18.7. The van der Waals surface area contributed by atoms with Gasteiger partial charge in [-0.25, -0.2) is 0 Å². The normalized spacial score (nSPS) is 16.1. The Labute approximate surface area is 198 Å². The number of piperazine rings is 1. The molecule has 7 nitrogen and oxygen atoms in total. The minimum Gasteiger partial charge on any atom is -0.369 e. The second-order valence-electron chi connectivity index (χ2n) is 8.08. The topological polar surface area (TPSA) is 77.6 Å². The molecule has 0 spiro atoms. The number of hydrogen-bond acceptors (Lipinski definition) is 6. The monoisotopic (exact) mass is 463 g/mol. The number of aromatic nitrogens is 1. The van der Waals surface area contributed by atoms with Crippen molar-refractivity contribution in [1.82, 2.24) is 20.5 Å². The number of hydrogen-bond donors (Lipinski definition) is 2. The van der Waals surface area contributed by atoms with Gasteiger partial charge in [-0.1, -0.05) is 30.3 Å². The van der Waals surface area contributed by atoms with Gasteiger partial charge in [-0.15, -0.1) is 11.3 Å². The number of para-hydroxylation sites is 1. The van der Waals surface area contributed by atoms with Crippen molar-refractivity contribution in [2.75, 3.05) is 31.1 Å². The van der Waals surface area contributed by atoms with Gasteiger partial charge in [-0.2, -0.15) is 0 Å². The van der Waals surface area contributed by atoms with E-state index in [4.69, 9.17) is 0 Å². The molecule has 2 atom stereocenters. The van der Waals surface area contributed by atoms with Gasteiger partial charge in [0, 0.05) is 49.0 Å². The van der Waals surface area contributed by atoms with Crippen LogP contribution in [0.15, 0.2) is 72.2 Å². The van der Waals surface area contributed by atoms with Crippen LogP contribution in [0.2, 0.25) is 0 Å². The second kappa shape index (κ2) is 11.1. The third kappa shape index (κ3) is 5.97. The van der Waals surface area contributed by atoms with E-state index in [-0.39, 0.29) is 18.6 Å². The molecular weight excluding hydrogens is 434 g/mol. The van der Waals surface area contributed by atoms with Crippen molar-refractivity contribution in [1.29, 1.82) is 0 Å². The SMILES string of the molecule is CC(NC(=O)C(=O)NCc1ccccn1)C(c1cccs1)N1CCN(c2ccccc2)CC1. The van der Waals surface area contributed by atoms with Gasteiger partial charge in [0.15, 0.2) is 0 Å². The van der Waals surface area contributed by atoms with Crippen LogP contribution in [0.3, 0.4) is 0 Å². The molecule has 2 unspecified atom stereocenters. The molecule has 4 rings (SSSR count). The summed E-state index contributed by atoms with van der Waals surface area (Å²) in [5.74, 6) is -1.27. The lowest BCUT2D eigenvalue weighted by Gasteiger charge is -2.42. The number of thiophene rings is 1. The minimum absolute atomic E-state index is 0.00969. The Morgan fingerprint density at radius 3 is 2.39 bits per heavy atom. The Morgan fingerprint density at radius 1 is 0.970 bits per heavy atom. The highest BCUT2D eigenvalue weighted by molar-refractivity contribution is 7.10. The van der Waals surface area contributed by atoms with E-state index in [1.807, 2.05) is 37.3 Å². The molecule has 0 radical (unpaired) electrons. The molecule has 1 aromatic carbocycles. The molecule has 1 saturated heterocycles. The van der Waals surface area contributed by atoms with Crippen molar-refractivity contribution < 1.29 is 9.59 Å². The summed E-state index contributed by atoms with van der Waals surface area (Å²) in [6.45, 7) is 5.77. The van der Waals surface area contributed by atoms with E-state index in [0.717, 1.165) is 26.2 Å². The van der Waals surface area contributed by atoms with Gasteiger partial charge < -0.3 is 15.5 Å².